The lowest BCUT2D eigenvalue weighted by Crippen LogP contribution is -2.10. The highest BCUT2D eigenvalue weighted by molar-refractivity contribution is 5.95. The third-order valence-electron chi connectivity index (χ3n) is 3.45. The summed E-state index contributed by atoms with van der Waals surface area (Å²) in [5.74, 6) is 0.534. The van der Waals surface area contributed by atoms with Crippen LogP contribution in [0.5, 0.6) is 0 Å². The molecule has 5 nitrogen and oxygen atoms in total. The van der Waals surface area contributed by atoms with Gasteiger partial charge in [0.15, 0.2) is 0 Å². The van der Waals surface area contributed by atoms with Gasteiger partial charge in [0.25, 0.3) is 5.69 Å². The van der Waals surface area contributed by atoms with E-state index in [-0.39, 0.29) is 17.8 Å². The zero-order chi connectivity index (χ0) is 14.8. The van der Waals surface area contributed by atoms with Crippen molar-refractivity contribution in [1.82, 2.24) is 0 Å². The Morgan fingerprint density at radius 1 is 1.10 bits per heavy atom. The summed E-state index contributed by atoms with van der Waals surface area (Å²) in [5.41, 5.74) is 1.89. The first-order chi connectivity index (χ1) is 10.1. The second-order valence-corrected chi connectivity index (χ2v) is 4.93. The van der Waals surface area contributed by atoms with E-state index < -0.39 is 4.92 Å². The molecule has 0 radical (unpaired) electrons. The highest BCUT2D eigenvalue weighted by Crippen LogP contribution is 2.30. The second-order valence-electron chi connectivity index (χ2n) is 4.93. The predicted molar refractivity (Wildman–Crippen MR) is 79.4 cm³/mol. The number of nitrogens with zero attached hydrogens (tertiary/aromatic N) is 2. The molecule has 0 bridgehead atoms. The van der Waals surface area contributed by atoms with Gasteiger partial charge in [-0.2, -0.15) is 0 Å². The van der Waals surface area contributed by atoms with Gasteiger partial charge in [-0.05, 0) is 24.6 Å². The molecule has 106 valence electrons. The van der Waals surface area contributed by atoms with Gasteiger partial charge in [-0.3, -0.25) is 10.1 Å². The van der Waals surface area contributed by atoms with E-state index in [1.54, 1.807) is 12.1 Å². The van der Waals surface area contributed by atoms with Crippen LogP contribution in [0.15, 0.2) is 59.6 Å². The highest BCUT2D eigenvalue weighted by atomic mass is 16.6. The van der Waals surface area contributed by atoms with Crippen molar-refractivity contribution in [1.29, 1.82) is 0 Å². The summed E-state index contributed by atoms with van der Waals surface area (Å²) in [4.78, 5) is 14.8. The van der Waals surface area contributed by atoms with E-state index in [2.05, 4.69) is 4.99 Å². The standard InChI is InChI=1S/C16H14N2O3/c1-11-15(12-5-3-2-4-6-12)21-16(17-11)13-7-9-14(10-8-13)18(19)20/h2-11,15H,1H3/t11-,15-/m1/s1. The molecule has 0 unspecified atom stereocenters. The fourth-order valence-electron chi connectivity index (χ4n) is 2.36. The average molecular weight is 282 g/mol. The third-order valence-corrected chi connectivity index (χ3v) is 3.45. The number of benzene rings is 2. The Hall–Kier alpha value is -2.69. The van der Waals surface area contributed by atoms with Crippen LogP contribution in [0.4, 0.5) is 5.69 Å². The highest BCUT2D eigenvalue weighted by Gasteiger charge is 2.29. The van der Waals surface area contributed by atoms with Crippen LogP contribution in [0, 0.1) is 10.1 Å². The maximum atomic E-state index is 10.7. The Morgan fingerprint density at radius 3 is 2.38 bits per heavy atom. The molecule has 2 aromatic rings. The lowest BCUT2D eigenvalue weighted by molar-refractivity contribution is -0.384. The van der Waals surface area contributed by atoms with Gasteiger partial charge in [-0.25, -0.2) is 4.99 Å². The van der Waals surface area contributed by atoms with Crippen LogP contribution in [0.2, 0.25) is 0 Å². The minimum absolute atomic E-state index is 0.0117. The fraction of sp³-hybridized carbons (Fsp3) is 0.188. The summed E-state index contributed by atoms with van der Waals surface area (Å²) in [5, 5.41) is 10.7. The Morgan fingerprint density at radius 2 is 1.76 bits per heavy atom. The van der Waals surface area contributed by atoms with Crippen LogP contribution in [0.1, 0.15) is 24.2 Å². The van der Waals surface area contributed by atoms with Crippen molar-refractivity contribution in [2.45, 2.75) is 19.1 Å². The Bertz CT molecular complexity index is 680. The summed E-state index contributed by atoms with van der Waals surface area (Å²) >= 11 is 0. The van der Waals surface area contributed by atoms with E-state index in [0.29, 0.717) is 5.90 Å². The van der Waals surface area contributed by atoms with Crippen molar-refractivity contribution in [3.63, 3.8) is 0 Å². The first-order valence-electron chi connectivity index (χ1n) is 6.69. The third kappa shape index (κ3) is 2.63. The van der Waals surface area contributed by atoms with Gasteiger partial charge >= 0.3 is 0 Å². The normalized spacial score (nSPS) is 20.7. The van der Waals surface area contributed by atoms with Gasteiger partial charge in [0, 0.05) is 17.7 Å². The van der Waals surface area contributed by atoms with Crippen LogP contribution in [0.3, 0.4) is 0 Å². The van der Waals surface area contributed by atoms with Crippen LogP contribution in [-0.4, -0.2) is 16.9 Å². The van der Waals surface area contributed by atoms with E-state index >= 15 is 0 Å². The molecule has 1 heterocycles. The van der Waals surface area contributed by atoms with Crippen LogP contribution >= 0.6 is 0 Å². The zero-order valence-electron chi connectivity index (χ0n) is 11.5. The molecule has 0 amide bonds. The van der Waals surface area contributed by atoms with E-state index in [1.165, 1.54) is 12.1 Å². The molecule has 0 N–H and O–H groups in total. The SMILES string of the molecule is C[C@H]1N=C(c2ccc([N+](=O)[O-])cc2)O[C@H]1c1ccccc1. The lowest BCUT2D eigenvalue weighted by atomic mass is 10.0. The first-order valence-corrected chi connectivity index (χ1v) is 6.69. The summed E-state index contributed by atoms with van der Waals surface area (Å²) < 4.78 is 5.93. The van der Waals surface area contributed by atoms with Gasteiger partial charge in [0.1, 0.15) is 6.10 Å². The maximum absolute atomic E-state index is 10.7. The molecule has 2 atom stereocenters. The number of non-ortho nitro benzene ring substituents is 1. The Labute approximate surface area is 122 Å². The molecule has 0 aromatic heterocycles. The van der Waals surface area contributed by atoms with E-state index in [4.69, 9.17) is 4.74 Å². The van der Waals surface area contributed by atoms with Crippen molar-refractivity contribution in [2.24, 2.45) is 4.99 Å². The van der Waals surface area contributed by atoms with Gasteiger partial charge in [-0.1, -0.05) is 30.3 Å². The molecule has 3 rings (SSSR count). The molecule has 0 saturated heterocycles. The van der Waals surface area contributed by atoms with Gasteiger partial charge < -0.3 is 4.74 Å². The minimum Gasteiger partial charge on any atom is -0.467 e. The lowest BCUT2D eigenvalue weighted by Gasteiger charge is -2.14. The fourth-order valence-corrected chi connectivity index (χ4v) is 2.36. The monoisotopic (exact) mass is 282 g/mol. The second kappa shape index (κ2) is 5.36. The number of hydrogen-bond donors (Lipinski definition) is 0. The van der Waals surface area contributed by atoms with Crippen molar-refractivity contribution < 1.29 is 9.66 Å². The maximum Gasteiger partial charge on any atom is 0.269 e. The van der Waals surface area contributed by atoms with Gasteiger partial charge in [0.2, 0.25) is 5.90 Å². The number of hydrogen-bond acceptors (Lipinski definition) is 4. The van der Waals surface area contributed by atoms with Crippen molar-refractivity contribution in [2.75, 3.05) is 0 Å². The van der Waals surface area contributed by atoms with E-state index in [0.717, 1.165) is 11.1 Å². The van der Waals surface area contributed by atoms with E-state index in [9.17, 15) is 10.1 Å². The van der Waals surface area contributed by atoms with Gasteiger partial charge in [0.05, 0.1) is 11.0 Å². The number of ether oxygens (including phenoxy) is 1. The van der Waals surface area contributed by atoms with Crippen molar-refractivity contribution in [3.8, 4) is 0 Å². The molecule has 0 spiro atoms. The molecular weight excluding hydrogens is 268 g/mol. The van der Waals surface area contributed by atoms with Gasteiger partial charge in [-0.15, -0.1) is 0 Å². The van der Waals surface area contributed by atoms with Crippen molar-refractivity contribution >= 4 is 11.6 Å². The molecule has 5 heteroatoms. The molecule has 1 aliphatic rings. The molecule has 21 heavy (non-hydrogen) atoms. The Kier molecular flexibility index (Phi) is 3.39. The largest absolute Gasteiger partial charge is 0.467 e. The molecule has 0 fully saturated rings. The molecule has 1 aliphatic heterocycles. The quantitative estimate of drug-likeness (QED) is 0.639. The summed E-state index contributed by atoms with van der Waals surface area (Å²) in [6.45, 7) is 2.00. The first kappa shape index (κ1) is 13.3. The number of nitro groups is 1. The topological polar surface area (TPSA) is 64.7 Å². The summed E-state index contributed by atoms with van der Waals surface area (Å²) in [6.07, 6.45) is -0.114. The zero-order valence-corrected chi connectivity index (χ0v) is 11.5. The van der Waals surface area contributed by atoms with Crippen molar-refractivity contribution in [3.05, 3.63) is 75.8 Å². The molecular formula is C16H14N2O3. The van der Waals surface area contributed by atoms with Crippen LogP contribution in [-0.2, 0) is 4.74 Å². The summed E-state index contributed by atoms with van der Waals surface area (Å²) in [6, 6.07) is 16.2. The number of aliphatic imine (C=N–C) groups is 1. The molecule has 2 aromatic carbocycles. The molecule has 0 aliphatic carbocycles. The summed E-state index contributed by atoms with van der Waals surface area (Å²) in [7, 11) is 0. The Balaban J connectivity index is 1.82. The number of rotatable bonds is 3. The minimum atomic E-state index is -0.420. The molecule has 0 saturated carbocycles. The van der Waals surface area contributed by atoms with Crippen LogP contribution in [0.25, 0.3) is 0 Å². The smallest absolute Gasteiger partial charge is 0.269 e. The predicted octanol–water partition coefficient (Wildman–Crippen LogP) is 3.50. The van der Waals surface area contributed by atoms with Crippen LogP contribution < -0.4 is 0 Å². The van der Waals surface area contributed by atoms with E-state index in [1.807, 2.05) is 37.3 Å². The number of nitro benzene ring substituents is 1. The average Bonchev–Trinajstić information content (AvgIpc) is 2.90.